The Morgan fingerprint density at radius 3 is 2.77 bits per heavy atom. The van der Waals surface area contributed by atoms with Crippen LogP contribution >= 0.6 is 0 Å². The highest BCUT2D eigenvalue weighted by Crippen LogP contribution is 2.44. The lowest BCUT2D eigenvalue weighted by atomic mass is 10.1. The van der Waals surface area contributed by atoms with Crippen LogP contribution < -0.4 is 5.56 Å². The molecule has 0 amide bonds. The molecule has 0 aliphatic carbocycles. The Labute approximate surface area is 146 Å². The van der Waals surface area contributed by atoms with Crippen molar-refractivity contribution < 1.29 is 19.3 Å². The average molecular weight is 357 g/mol. The van der Waals surface area contributed by atoms with E-state index in [1.807, 2.05) is 12.1 Å². The van der Waals surface area contributed by atoms with Gasteiger partial charge in [0, 0.05) is 18.0 Å². The van der Waals surface area contributed by atoms with Crippen LogP contribution in [0.3, 0.4) is 0 Å². The molecule has 0 spiro atoms. The zero-order chi connectivity index (χ0) is 17.7. The fourth-order valence-corrected chi connectivity index (χ4v) is 3.43. The van der Waals surface area contributed by atoms with Crippen molar-refractivity contribution in [3.63, 3.8) is 0 Å². The summed E-state index contributed by atoms with van der Waals surface area (Å²) in [6, 6.07) is 3.62. The molecule has 5 heterocycles. The van der Waals surface area contributed by atoms with Crippen LogP contribution in [0.5, 0.6) is 0 Å². The summed E-state index contributed by atoms with van der Waals surface area (Å²) in [5.41, 5.74) is 1.09. The molecule has 2 N–H and O–H groups in total. The topological polar surface area (TPSA) is 124 Å². The molecule has 26 heavy (non-hydrogen) atoms. The summed E-state index contributed by atoms with van der Waals surface area (Å²) in [5, 5.41) is 9.68. The van der Waals surface area contributed by atoms with Gasteiger partial charge in [-0.05, 0) is 12.1 Å². The van der Waals surface area contributed by atoms with E-state index in [9.17, 15) is 9.90 Å². The van der Waals surface area contributed by atoms with E-state index in [1.165, 1.54) is 12.7 Å². The molecular formula is C16H15N5O5. The number of nitrogens with zero attached hydrogens (tertiary/aromatic N) is 4. The molecule has 2 aliphatic rings. The number of aliphatic hydroxyl groups excluding tert-OH is 1. The highest BCUT2D eigenvalue weighted by Gasteiger charge is 2.53. The first-order valence-electron chi connectivity index (χ1n) is 8.13. The van der Waals surface area contributed by atoms with Crippen LogP contribution in [0.15, 0.2) is 42.0 Å². The van der Waals surface area contributed by atoms with Gasteiger partial charge in [0.2, 0.25) is 0 Å². The SMILES string of the molecule is O=c1[nH]cnc2c1ncn2C1OC(CO)C2OC(c3ccncc3)OC21. The third-order valence-corrected chi connectivity index (χ3v) is 4.64. The minimum atomic E-state index is -0.622. The Balaban J connectivity index is 1.52. The molecule has 10 heteroatoms. The second-order valence-corrected chi connectivity index (χ2v) is 6.12. The summed E-state index contributed by atoms with van der Waals surface area (Å²) >= 11 is 0. The van der Waals surface area contributed by atoms with Gasteiger partial charge >= 0.3 is 0 Å². The van der Waals surface area contributed by atoms with Crippen LogP contribution in [0.4, 0.5) is 0 Å². The first-order chi connectivity index (χ1) is 12.8. The highest BCUT2D eigenvalue weighted by molar-refractivity contribution is 5.68. The third kappa shape index (κ3) is 2.27. The molecule has 2 fully saturated rings. The van der Waals surface area contributed by atoms with Crippen molar-refractivity contribution >= 4 is 11.2 Å². The van der Waals surface area contributed by atoms with E-state index in [2.05, 4.69) is 19.9 Å². The molecule has 5 unspecified atom stereocenters. The van der Waals surface area contributed by atoms with Crippen molar-refractivity contribution in [3.8, 4) is 0 Å². The molecule has 2 saturated heterocycles. The molecule has 134 valence electrons. The van der Waals surface area contributed by atoms with Crippen molar-refractivity contribution in [2.24, 2.45) is 0 Å². The fraction of sp³-hybridized carbons (Fsp3) is 0.375. The largest absolute Gasteiger partial charge is 0.394 e. The lowest BCUT2D eigenvalue weighted by Crippen LogP contribution is -2.30. The van der Waals surface area contributed by atoms with E-state index in [4.69, 9.17) is 14.2 Å². The molecule has 0 saturated carbocycles. The van der Waals surface area contributed by atoms with Gasteiger partial charge in [-0.3, -0.25) is 14.3 Å². The monoisotopic (exact) mass is 357 g/mol. The van der Waals surface area contributed by atoms with E-state index in [-0.39, 0.29) is 17.7 Å². The van der Waals surface area contributed by atoms with E-state index >= 15 is 0 Å². The molecule has 3 aromatic heterocycles. The van der Waals surface area contributed by atoms with Crippen LogP contribution in [-0.4, -0.2) is 54.5 Å². The zero-order valence-corrected chi connectivity index (χ0v) is 13.4. The summed E-state index contributed by atoms with van der Waals surface area (Å²) in [6.07, 6.45) is 3.41. The van der Waals surface area contributed by atoms with Crippen LogP contribution in [0.1, 0.15) is 18.1 Å². The normalized spacial score (nSPS) is 30.7. The van der Waals surface area contributed by atoms with E-state index in [0.29, 0.717) is 5.65 Å². The van der Waals surface area contributed by atoms with Gasteiger partial charge in [-0.2, -0.15) is 0 Å². The Kier molecular flexibility index (Phi) is 3.57. The maximum absolute atomic E-state index is 11.9. The van der Waals surface area contributed by atoms with Gasteiger partial charge in [0.25, 0.3) is 5.56 Å². The highest BCUT2D eigenvalue weighted by atomic mass is 16.8. The first kappa shape index (κ1) is 15.6. The number of pyridine rings is 1. The predicted octanol–water partition coefficient (Wildman–Crippen LogP) is -0.113. The standard InChI is InChI=1S/C16H15N5O5/c22-5-9-11-12(26-16(25-11)8-1-3-17-4-2-8)15(24-9)21-7-20-10-13(21)18-6-19-14(10)23/h1-4,6-7,9,11-12,15-16,22H,5H2,(H,18,19,23). The maximum atomic E-state index is 11.9. The summed E-state index contributed by atoms with van der Waals surface area (Å²) in [4.78, 5) is 26.7. The van der Waals surface area contributed by atoms with Crippen LogP contribution in [0.25, 0.3) is 11.2 Å². The summed E-state index contributed by atoms with van der Waals surface area (Å²) in [6.45, 7) is -0.218. The predicted molar refractivity (Wildman–Crippen MR) is 85.9 cm³/mol. The van der Waals surface area contributed by atoms with Crippen molar-refractivity contribution in [1.29, 1.82) is 0 Å². The number of hydrogen-bond donors (Lipinski definition) is 2. The number of rotatable bonds is 3. The minimum Gasteiger partial charge on any atom is -0.394 e. The Morgan fingerprint density at radius 2 is 1.96 bits per heavy atom. The molecule has 10 nitrogen and oxygen atoms in total. The molecular weight excluding hydrogens is 342 g/mol. The second-order valence-electron chi connectivity index (χ2n) is 6.12. The molecule has 0 radical (unpaired) electrons. The third-order valence-electron chi connectivity index (χ3n) is 4.64. The molecule has 0 bridgehead atoms. The number of aromatic amines is 1. The number of nitrogens with one attached hydrogen (secondary N) is 1. The quantitative estimate of drug-likeness (QED) is 0.665. The number of aliphatic hydroxyl groups is 1. The van der Waals surface area contributed by atoms with Gasteiger partial charge in [0.15, 0.2) is 23.7 Å². The smallest absolute Gasteiger partial charge is 0.278 e. The average Bonchev–Trinajstić information content (AvgIpc) is 3.36. The summed E-state index contributed by atoms with van der Waals surface area (Å²) < 4.78 is 19.6. The number of hydrogen-bond acceptors (Lipinski definition) is 8. The lowest BCUT2D eigenvalue weighted by Gasteiger charge is -2.20. The van der Waals surface area contributed by atoms with Crippen molar-refractivity contribution in [3.05, 3.63) is 53.1 Å². The van der Waals surface area contributed by atoms with Crippen molar-refractivity contribution in [1.82, 2.24) is 24.5 Å². The zero-order valence-electron chi connectivity index (χ0n) is 13.4. The number of ether oxygens (including phenoxy) is 3. The van der Waals surface area contributed by atoms with Gasteiger partial charge in [0.05, 0.1) is 19.3 Å². The van der Waals surface area contributed by atoms with Crippen LogP contribution in [-0.2, 0) is 14.2 Å². The van der Waals surface area contributed by atoms with Crippen molar-refractivity contribution in [2.75, 3.05) is 6.61 Å². The molecule has 5 rings (SSSR count). The Bertz CT molecular complexity index is 989. The number of fused-ring (bicyclic) bond motifs is 2. The summed E-state index contributed by atoms with van der Waals surface area (Å²) in [7, 11) is 0. The van der Waals surface area contributed by atoms with Gasteiger partial charge < -0.3 is 24.3 Å². The van der Waals surface area contributed by atoms with Gasteiger partial charge in [0.1, 0.15) is 18.3 Å². The Morgan fingerprint density at radius 1 is 1.15 bits per heavy atom. The van der Waals surface area contributed by atoms with Gasteiger partial charge in [-0.25, -0.2) is 9.97 Å². The number of H-pyrrole nitrogens is 1. The molecule has 2 aliphatic heterocycles. The van der Waals surface area contributed by atoms with E-state index in [1.54, 1.807) is 17.0 Å². The minimum absolute atomic E-state index is 0.213. The van der Waals surface area contributed by atoms with Gasteiger partial charge in [-0.15, -0.1) is 0 Å². The first-order valence-corrected chi connectivity index (χ1v) is 8.13. The van der Waals surface area contributed by atoms with E-state index < -0.39 is 30.8 Å². The fourth-order valence-electron chi connectivity index (χ4n) is 3.43. The summed E-state index contributed by atoms with van der Waals surface area (Å²) in [5.74, 6) is 0. The van der Waals surface area contributed by atoms with Crippen LogP contribution in [0.2, 0.25) is 0 Å². The maximum Gasteiger partial charge on any atom is 0.278 e. The second kappa shape index (κ2) is 5.95. The number of aromatic nitrogens is 5. The molecule has 5 atom stereocenters. The Hall–Kier alpha value is -2.66. The van der Waals surface area contributed by atoms with E-state index in [0.717, 1.165) is 5.56 Å². The lowest BCUT2D eigenvalue weighted by molar-refractivity contribution is -0.153. The molecule has 3 aromatic rings. The van der Waals surface area contributed by atoms with Gasteiger partial charge in [-0.1, -0.05) is 0 Å². The van der Waals surface area contributed by atoms with Crippen molar-refractivity contribution in [2.45, 2.75) is 30.8 Å². The van der Waals surface area contributed by atoms with Crippen LogP contribution in [0, 0.1) is 0 Å². The molecule has 0 aromatic carbocycles. The number of imidazole rings is 1.